The molecule has 6 heteroatoms. The van der Waals surface area contributed by atoms with E-state index in [1.54, 1.807) is 11.7 Å². The van der Waals surface area contributed by atoms with Gasteiger partial charge in [0.05, 0.1) is 4.92 Å². The average Bonchev–Trinajstić information content (AvgIpc) is 2.76. The molecule has 19 heavy (non-hydrogen) atoms. The zero-order chi connectivity index (χ0) is 14.0. The fourth-order valence-corrected chi connectivity index (χ4v) is 3.02. The minimum absolute atomic E-state index is 0.179. The molecule has 0 amide bonds. The molecule has 6 nitrogen and oxygen atoms in total. The van der Waals surface area contributed by atoms with Gasteiger partial charge < -0.3 is 4.90 Å². The van der Waals surface area contributed by atoms with Gasteiger partial charge in [-0.1, -0.05) is 26.2 Å². The Kier molecular flexibility index (Phi) is 4.07. The Hall–Kier alpha value is -1.59. The minimum atomic E-state index is -0.291. The Morgan fingerprint density at radius 2 is 2.05 bits per heavy atom. The lowest BCUT2D eigenvalue weighted by Gasteiger charge is -2.31. The van der Waals surface area contributed by atoms with E-state index in [2.05, 4.69) is 10.00 Å². The van der Waals surface area contributed by atoms with Gasteiger partial charge >= 0.3 is 5.69 Å². The van der Waals surface area contributed by atoms with E-state index < -0.39 is 0 Å². The predicted octanol–water partition coefficient (Wildman–Crippen LogP) is 2.66. The standard InChI is InChI=1S/C13H22N4O2/c1-4-11-12(17(18)19)13(16(3)14-11)15(2)10-8-6-5-7-9-10/h10H,4-9H2,1-3H3. The van der Waals surface area contributed by atoms with E-state index in [9.17, 15) is 10.1 Å². The van der Waals surface area contributed by atoms with E-state index in [1.165, 1.54) is 19.3 Å². The van der Waals surface area contributed by atoms with Crippen LogP contribution in [0.25, 0.3) is 0 Å². The summed E-state index contributed by atoms with van der Waals surface area (Å²) in [5.74, 6) is 0.647. The highest BCUT2D eigenvalue weighted by atomic mass is 16.6. The summed E-state index contributed by atoms with van der Waals surface area (Å²) >= 11 is 0. The third kappa shape index (κ3) is 2.57. The van der Waals surface area contributed by atoms with Crippen molar-refractivity contribution in [2.45, 2.75) is 51.5 Å². The van der Waals surface area contributed by atoms with Gasteiger partial charge in [0.15, 0.2) is 0 Å². The molecule has 0 unspecified atom stereocenters. The molecule has 1 fully saturated rings. The second kappa shape index (κ2) is 5.59. The maximum absolute atomic E-state index is 11.3. The Balaban J connectivity index is 2.36. The molecule has 1 aromatic rings. The molecule has 1 aliphatic rings. The van der Waals surface area contributed by atoms with Crippen molar-refractivity contribution in [1.29, 1.82) is 0 Å². The number of aryl methyl sites for hydroxylation is 2. The van der Waals surface area contributed by atoms with Crippen molar-refractivity contribution in [1.82, 2.24) is 9.78 Å². The second-order valence-electron chi connectivity index (χ2n) is 5.26. The van der Waals surface area contributed by atoms with Gasteiger partial charge in [0.25, 0.3) is 0 Å². The normalized spacial score (nSPS) is 16.6. The molecule has 2 rings (SSSR count). The third-order valence-electron chi connectivity index (χ3n) is 4.04. The van der Waals surface area contributed by atoms with Crippen LogP contribution >= 0.6 is 0 Å². The third-order valence-corrected chi connectivity index (χ3v) is 4.04. The van der Waals surface area contributed by atoms with Crippen molar-refractivity contribution < 1.29 is 4.92 Å². The van der Waals surface area contributed by atoms with Crippen molar-refractivity contribution in [3.63, 3.8) is 0 Å². The monoisotopic (exact) mass is 266 g/mol. The highest BCUT2D eigenvalue weighted by molar-refractivity contribution is 5.61. The molecule has 1 aromatic heterocycles. The smallest absolute Gasteiger partial charge is 0.334 e. The SMILES string of the molecule is CCc1nn(C)c(N(C)C2CCCCC2)c1[N+](=O)[O-]. The van der Waals surface area contributed by atoms with Crippen LogP contribution in [0, 0.1) is 10.1 Å². The predicted molar refractivity (Wildman–Crippen MR) is 74.5 cm³/mol. The Bertz CT molecular complexity index is 463. The lowest BCUT2D eigenvalue weighted by Crippen LogP contribution is -2.35. The van der Waals surface area contributed by atoms with Crippen LogP contribution in [-0.4, -0.2) is 27.8 Å². The van der Waals surface area contributed by atoms with Gasteiger partial charge in [-0.05, 0) is 19.3 Å². The first-order chi connectivity index (χ1) is 9.06. The van der Waals surface area contributed by atoms with Crippen molar-refractivity contribution in [2.75, 3.05) is 11.9 Å². The van der Waals surface area contributed by atoms with Gasteiger partial charge in [0.2, 0.25) is 5.82 Å². The first kappa shape index (κ1) is 13.8. The summed E-state index contributed by atoms with van der Waals surface area (Å²) in [6.07, 6.45) is 6.50. The molecule has 1 heterocycles. The number of nitrogens with zero attached hydrogens (tertiary/aromatic N) is 4. The molecule has 0 N–H and O–H groups in total. The zero-order valence-electron chi connectivity index (χ0n) is 11.9. The van der Waals surface area contributed by atoms with Crippen molar-refractivity contribution in [3.05, 3.63) is 15.8 Å². The minimum Gasteiger partial charge on any atom is -0.351 e. The first-order valence-corrected chi connectivity index (χ1v) is 6.99. The summed E-state index contributed by atoms with van der Waals surface area (Å²) in [4.78, 5) is 13.1. The van der Waals surface area contributed by atoms with Crippen molar-refractivity contribution >= 4 is 11.5 Å². The van der Waals surface area contributed by atoms with Crippen LogP contribution in [0.2, 0.25) is 0 Å². The van der Waals surface area contributed by atoms with Crippen LogP contribution in [0.1, 0.15) is 44.7 Å². The molecule has 0 atom stereocenters. The lowest BCUT2D eigenvalue weighted by atomic mass is 9.94. The van der Waals surface area contributed by atoms with E-state index in [1.807, 2.05) is 14.0 Å². The van der Waals surface area contributed by atoms with Crippen LogP contribution in [0.3, 0.4) is 0 Å². The lowest BCUT2D eigenvalue weighted by molar-refractivity contribution is -0.384. The van der Waals surface area contributed by atoms with Crippen LogP contribution in [0.5, 0.6) is 0 Å². The van der Waals surface area contributed by atoms with Crippen LogP contribution in [0.15, 0.2) is 0 Å². The molecule has 0 radical (unpaired) electrons. The van der Waals surface area contributed by atoms with Gasteiger partial charge in [-0.2, -0.15) is 5.10 Å². The summed E-state index contributed by atoms with van der Waals surface area (Å²) in [5, 5.41) is 15.6. The van der Waals surface area contributed by atoms with Gasteiger partial charge in [-0.3, -0.25) is 10.1 Å². The second-order valence-corrected chi connectivity index (χ2v) is 5.26. The molecule has 0 aliphatic heterocycles. The summed E-state index contributed by atoms with van der Waals surface area (Å²) in [6, 6.07) is 0.396. The van der Waals surface area contributed by atoms with Crippen LogP contribution < -0.4 is 4.90 Å². The first-order valence-electron chi connectivity index (χ1n) is 6.99. The number of anilines is 1. The zero-order valence-corrected chi connectivity index (χ0v) is 11.9. The molecule has 0 saturated heterocycles. The topological polar surface area (TPSA) is 64.2 Å². The van der Waals surface area contributed by atoms with Crippen LogP contribution in [0.4, 0.5) is 11.5 Å². The highest BCUT2D eigenvalue weighted by Crippen LogP contribution is 2.34. The molecule has 1 aliphatic carbocycles. The summed E-state index contributed by atoms with van der Waals surface area (Å²) in [7, 11) is 3.75. The Morgan fingerprint density at radius 3 is 2.58 bits per heavy atom. The summed E-state index contributed by atoms with van der Waals surface area (Å²) < 4.78 is 1.66. The molecule has 106 valence electrons. The van der Waals surface area contributed by atoms with E-state index in [0.29, 0.717) is 24.0 Å². The largest absolute Gasteiger partial charge is 0.351 e. The van der Waals surface area contributed by atoms with E-state index in [0.717, 1.165) is 12.8 Å². The number of rotatable bonds is 4. The molecule has 0 spiro atoms. The molecular weight excluding hydrogens is 244 g/mol. The van der Waals surface area contributed by atoms with E-state index in [-0.39, 0.29) is 10.6 Å². The fourth-order valence-electron chi connectivity index (χ4n) is 3.02. The molecule has 1 saturated carbocycles. The van der Waals surface area contributed by atoms with E-state index in [4.69, 9.17) is 0 Å². The Labute approximate surface area is 113 Å². The number of aromatic nitrogens is 2. The van der Waals surface area contributed by atoms with Crippen molar-refractivity contribution in [2.24, 2.45) is 7.05 Å². The summed E-state index contributed by atoms with van der Waals surface area (Å²) in [6.45, 7) is 1.90. The fraction of sp³-hybridized carbons (Fsp3) is 0.769. The van der Waals surface area contributed by atoms with Crippen molar-refractivity contribution in [3.8, 4) is 0 Å². The van der Waals surface area contributed by atoms with Crippen LogP contribution in [-0.2, 0) is 13.5 Å². The molecule has 0 aromatic carbocycles. The van der Waals surface area contributed by atoms with Gasteiger partial charge in [-0.15, -0.1) is 0 Å². The maximum Gasteiger partial charge on any atom is 0.334 e. The van der Waals surface area contributed by atoms with Gasteiger partial charge in [0.1, 0.15) is 5.69 Å². The molecular formula is C13H22N4O2. The number of hydrogen-bond acceptors (Lipinski definition) is 4. The summed E-state index contributed by atoms with van der Waals surface area (Å²) in [5.41, 5.74) is 0.753. The van der Waals surface area contributed by atoms with Gasteiger partial charge in [-0.25, -0.2) is 4.68 Å². The quantitative estimate of drug-likeness (QED) is 0.621. The molecule has 0 bridgehead atoms. The average molecular weight is 266 g/mol. The maximum atomic E-state index is 11.3. The van der Waals surface area contributed by atoms with E-state index >= 15 is 0 Å². The number of hydrogen-bond donors (Lipinski definition) is 0. The van der Waals surface area contributed by atoms with Gasteiger partial charge in [0, 0.05) is 20.1 Å². The Morgan fingerprint density at radius 1 is 1.42 bits per heavy atom. The highest BCUT2D eigenvalue weighted by Gasteiger charge is 2.31. The number of nitro groups is 1.